The first-order valence-electron chi connectivity index (χ1n) is 9.66. The molecule has 0 aliphatic rings. The number of hydrogen-bond acceptors (Lipinski definition) is 3. The second-order valence-corrected chi connectivity index (χ2v) is 9.59. The Bertz CT molecular complexity index is 1170. The summed E-state index contributed by atoms with van der Waals surface area (Å²) in [5.74, 6) is 0. The zero-order chi connectivity index (χ0) is 21.0. The lowest BCUT2D eigenvalue weighted by Crippen LogP contribution is -2.33. The molecule has 6 heteroatoms. The van der Waals surface area contributed by atoms with Crippen molar-refractivity contribution in [2.45, 2.75) is 6.04 Å². The molecule has 1 N–H and O–H groups in total. The van der Waals surface area contributed by atoms with Crippen LogP contribution in [-0.4, -0.2) is 11.5 Å². The molecular formula is C24H21N2O3P. The number of rotatable bonds is 7. The van der Waals surface area contributed by atoms with E-state index in [1.807, 2.05) is 78.9 Å². The molecule has 0 aliphatic heterocycles. The van der Waals surface area contributed by atoms with Crippen molar-refractivity contribution in [1.29, 1.82) is 0 Å². The highest BCUT2D eigenvalue weighted by molar-refractivity contribution is 7.76. The van der Waals surface area contributed by atoms with Gasteiger partial charge >= 0.3 is 0 Å². The van der Waals surface area contributed by atoms with Crippen LogP contribution in [0.2, 0.25) is 0 Å². The third-order valence-electron chi connectivity index (χ3n) is 5.08. The number of nitrogens with zero attached hydrogens (tertiary/aromatic N) is 1. The highest BCUT2D eigenvalue weighted by Gasteiger charge is 2.32. The molecule has 30 heavy (non-hydrogen) atoms. The molecule has 0 radical (unpaired) electrons. The van der Waals surface area contributed by atoms with Gasteiger partial charge in [-0.3, -0.25) is 14.7 Å². The molecule has 0 aliphatic carbocycles. The summed E-state index contributed by atoms with van der Waals surface area (Å²) in [5, 5.41) is 17.9. The normalized spacial score (nSPS) is 12.5. The number of fused-ring (bicyclic) bond motifs is 1. The van der Waals surface area contributed by atoms with E-state index in [4.69, 9.17) is 0 Å². The molecule has 0 spiro atoms. The van der Waals surface area contributed by atoms with Crippen molar-refractivity contribution < 1.29 is 9.49 Å². The van der Waals surface area contributed by atoms with Gasteiger partial charge in [0.2, 0.25) is 13.8 Å². The van der Waals surface area contributed by atoms with E-state index >= 15 is 0 Å². The van der Waals surface area contributed by atoms with Gasteiger partial charge < -0.3 is 0 Å². The molecule has 150 valence electrons. The molecule has 0 bridgehead atoms. The Morgan fingerprint density at radius 2 is 1.30 bits per heavy atom. The van der Waals surface area contributed by atoms with Crippen molar-refractivity contribution in [2.24, 2.45) is 0 Å². The van der Waals surface area contributed by atoms with Gasteiger partial charge in [-0.2, -0.15) is 0 Å². The quantitative estimate of drug-likeness (QED) is 0.270. The summed E-state index contributed by atoms with van der Waals surface area (Å²) in [7, 11) is -3.32. The summed E-state index contributed by atoms with van der Waals surface area (Å²) >= 11 is 0. The molecular weight excluding hydrogens is 395 g/mol. The minimum absolute atomic E-state index is 0.368. The maximum atomic E-state index is 14.3. The first-order valence-corrected chi connectivity index (χ1v) is 11.4. The Morgan fingerprint density at radius 1 is 0.767 bits per heavy atom. The number of nitro groups is 1. The Balaban J connectivity index is 1.81. The van der Waals surface area contributed by atoms with Crippen molar-refractivity contribution in [2.75, 3.05) is 6.54 Å². The lowest BCUT2D eigenvalue weighted by atomic mass is 10.0. The maximum Gasteiger partial charge on any atom is 0.223 e. The van der Waals surface area contributed by atoms with E-state index in [2.05, 4.69) is 5.09 Å². The minimum atomic E-state index is -3.32. The van der Waals surface area contributed by atoms with Crippen molar-refractivity contribution >= 4 is 28.7 Å². The molecule has 4 rings (SSSR count). The molecule has 1 unspecified atom stereocenters. The van der Waals surface area contributed by atoms with Crippen molar-refractivity contribution in [1.82, 2.24) is 5.09 Å². The van der Waals surface area contributed by atoms with Crippen LogP contribution in [0.25, 0.3) is 10.8 Å². The lowest BCUT2D eigenvalue weighted by Gasteiger charge is -2.25. The molecule has 0 aromatic heterocycles. The molecule has 0 saturated carbocycles. The molecule has 0 amide bonds. The summed E-state index contributed by atoms with van der Waals surface area (Å²) in [5.41, 5.74) is 0.734. The summed E-state index contributed by atoms with van der Waals surface area (Å²) in [6, 6.07) is 31.1. The van der Waals surface area contributed by atoms with Gasteiger partial charge in [-0.05, 0) is 46.7 Å². The number of nitrogens with one attached hydrogen (secondary N) is 1. The minimum Gasteiger partial charge on any atom is -0.296 e. The fraction of sp³-hybridized carbons (Fsp3) is 0.0833. The van der Waals surface area contributed by atoms with E-state index in [9.17, 15) is 14.7 Å². The molecule has 4 aromatic carbocycles. The van der Waals surface area contributed by atoms with Gasteiger partial charge in [-0.15, -0.1) is 0 Å². The fourth-order valence-corrected chi connectivity index (χ4v) is 6.04. The van der Waals surface area contributed by atoms with Gasteiger partial charge in [0.25, 0.3) is 0 Å². The van der Waals surface area contributed by atoms with Gasteiger partial charge in [-0.25, -0.2) is 5.09 Å². The highest BCUT2D eigenvalue weighted by Crippen LogP contribution is 2.42. The Labute approximate surface area is 175 Å². The van der Waals surface area contributed by atoms with Crippen LogP contribution >= 0.6 is 7.29 Å². The average Bonchev–Trinajstić information content (AvgIpc) is 2.79. The maximum absolute atomic E-state index is 14.3. The van der Waals surface area contributed by atoms with Crippen LogP contribution < -0.4 is 15.7 Å². The second-order valence-electron chi connectivity index (χ2n) is 7.08. The standard InChI is InChI=1S/C24H21N2O3P/c27-26(28)18-24(21-16-15-19-9-7-8-10-20(19)17-21)25-30(29,22-11-3-1-4-12-22)23-13-5-2-6-14-23/h1-17,24H,18H2,(H,25,29). The van der Waals surface area contributed by atoms with E-state index in [0.29, 0.717) is 10.6 Å². The molecule has 5 nitrogen and oxygen atoms in total. The molecule has 0 saturated heterocycles. The zero-order valence-corrected chi connectivity index (χ0v) is 17.1. The van der Waals surface area contributed by atoms with E-state index in [1.165, 1.54) is 0 Å². The van der Waals surface area contributed by atoms with Gasteiger partial charge in [0.05, 0.1) is 0 Å². The van der Waals surface area contributed by atoms with E-state index in [1.54, 1.807) is 24.3 Å². The largest absolute Gasteiger partial charge is 0.296 e. The van der Waals surface area contributed by atoms with Crippen LogP contribution in [-0.2, 0) is 4.57 Å². The molecule has 0 heterocycles. The van der Waals surface area contributed by atoms with Crippen LogP contribution in [0.3, 0.4) is 0 Å². The van der Waals surface area contributed by atoms with Crippen LogP contribution in [0, 0.1) is 10.1 Å². The average molecular weight is 416 g/mol. The van der Waals surface area contributed by atoms with Crippen molar-refractivity contribution in [3.05, 3.63) is 119 Å². The first-order chi connectivity index (χ1) is 14.6. The van der Waals surface area contributed by atoms with Gasteiger partial charge in [0, 0.05) is 15.5 Å². The van der Waals surface area contributed by atoms with Crippen LogP contribution in [0.4, 0.5) is 0 Å². The summed E-state index contributed by atoms with van der Waals surface area (Å²) in [4.78, 5) is 11.1. The lowest BCUT2D eigenvalue weighted by molar-refractivity contribution is -0.483. The molecule has 4 aromatic rings. The summed E-state index contributed by atoms with van der Waals surface area (Å²) in [6.45, 7) is -0.373. The fourth-order valence-electron chi connectivity index (χ4n) is 3.59. The van der Waals surface area contributed by atoms with Gasteiger partial charge in [0.15, 0.2) is 0 Å². The third-order valence-corrected chi connectivity index (χ3v) is 7.81. The van der Waals surface area contributed by atoms with Crippen LogP contribution in [0.5, 0.6) is 0 Å². The Morgan fingerprint density at radius 3 is 1.87 bits per heavy atom. The molecule has 1 atom stereocenters. The topological polar surface area (TPSA) is 72.2 Å². The summed E-state index contributed by atoms with van der Waals surface area (Å²) < 4.78 is 14.3. The van der Waals surface area contributed by atoms with E-state index in [0.717, 1.165) is 16.3 Å². The predicted octanol–water partition coefficient (Wildman–Crippen LogP) is 4.68. The zero-order valence-electron chi connectivity index (χ0n) is 16.2. The van der Waals surface area contributed by atoms with Crippen LogP contribution in [0.1, 0.15) is 11.6 Å². The third kappa shape index (κ3) is 4.18. The number of hydrogen-bond donors (Lipinski definition) is 1. The SMILES string of the molecule is O=[N+]([O-])CC(NP(=O)(c1ccccc1)c1ccccc1)c1ccc2ccccc2c1. The predicted molar refractivity (Wildman–Crippen MR) is 121 cm³/mol. The monoisotopic (exact) mass is 416 g/mol. The van der Waals surface area contributed by atoms with E-state index in [-0.39, 0.29) is 11.5 Å². The highest BCUT2D eigenvalue weighted by atomic mass is 31.2. The Kier molecular flexibility index (Phi) is 5.75. The molecule has 0 fully saturated rings. The second kappa shape index (κ2) is 8.62. The van der Waals surface area contributed by atoms with E-state index < -0.39 is 13.3 Å². The summed E-state index contributed by atoms with van der Waals surface area (Å²) in [6.07, 6.45) is 0. The van der Waals surface area contributed by atoms with Gasteiger partial charge in [-0.1, -0.05) is 72.8 Å². The smallest absolute Gasteiger partial charge is 0.223 e. The van der Waals surface area contributed by atoms with Crippen molar-refractivity contribution in [3.8, 4) is 0 Å². The first kappa shape index (κ1) is 20.0. The van der Waals surface area contributed by atoms with Crippen LogP contribution in [0.15, 0.2) is 103 Å². The van der Waals surface area contributed by atoms with Crippen molar-refractivity contribution in [3.63, 3.8) is 0 Å². The number of benzene rings is 4. The Hall–Kier alpha value is -3.27. The van der Waals surface area contributed by atoms with Gasteiger partial charge in [0.1, 0.15) is 6.04 Å².